The zero-order chi connectivity index (χ0) is 12.4. The van der Waals surface area contributed by atoms with Gasteiger partial charge in [-0.1, -0.05) is 13.3 Å². The Morgan fingerprint density at radius 2 is 2.35 bits per heavy atom. The van der Waals surface area contributed by atoms with E-state index in [9.17, 15) is 4.79 Å². The minimum atomic E-state index is -0.922. The van der Waals surface area contributed by atoms with Gasteiger partial charge in [-0.3, -0.25) is 0 Å². The summed E-state index contributed by atoms with van der Waals surface area (Å²) in [5.74, 6) is -0.207. The Kier molecular flexibility index (Phi) is 3.22. The van der Waals surface area contributed by atoms with Crippen molar-refractivity contribution in [1.29, 1.82) is 0 Å². The van der Waals surface area contributed by atoms with Gasteiger partial charge >= 0.3 is 5.97 Å². The summed E-state index contributed by atoms with van der Waals surface area (Å²) < 4.78 is 0. The lowest BCUT2D eigenvalue weighted by Crippen LogP contribution is -2.08. The second-order valence-electron chi connectivity index (χ2n) is 4.64. The second kappa shape index (κ2) is 4.65. The minimum absolute atomic E-state index is 0.273. The highest BCUT2D eigenvalue weighted by Gasteiger charge is 2.36. The summed E-state index contributed by atoms with van der Waals surface area (Å²) in [6, 6.07) is 5.24. The first kappa shape index (κ1) is 11.8. The van der Waals surface area contributed by atoms with Crippen molar-refractivity contribution in [3.8, 4) is 0 Å². The summed E-state index contributed by atoms with van der Waals surface area (Å²) in [7, 11) is 0. The molecule has 17 heavy (non-hydrogen) atoms. The van der Waals surface area contributed by atoms with Crippen LogP contribution >= 0.6 is 0 Å². The molecule has 0 heterocycles. The number of nitrogens with one attached hydrogen (secondary N) is 1. The van der Waals surface area contributed by atoms with Gasteiger partial charge in [0, 0.05) is 6.04 Å². The lowest BCUT2D eigenvalue weighted by Gasteiger charge is -2.09. The van der Waals surface area contributed by atoms with Gasteiger partial charge in [0.1, 0.15) is 0 Å². The van der Waals surface area contributed by atoms with E-state index in [4.69, 9.17) is 10.8 Å². The van der Waals surface area contributed by atoms with Crippen molar-refractivity contribution < 1.29 is 9.90 Å². The third-order valence-corrected chi connectivity index (χ3v) is 3.22. The summed E-state index contributed by atoms with van der Waals surface area (Å²) in [6.45, 7) is 2.18. The zero-order valence-electron chi connectivity index (χ0n) is 9.94. The summed E-state index contributed by atoms with van der Waals surface area (Å²) >= 11 is 0. The molecule has 4 nitrogen and oxygen atoms in total. The molecule has 2 unspecified atom stereocenters. The van der Waals surface area contributed by atoms with Crippen LogP contribution in [0.15, 0.2) is 18.2 Å². The highest BCUT2D eigenvalue weighted by atomic mass is 16.4. The molecule has 1 aliphatic rings. The Morgan fingerprint density at radius 1 is 1.59 bits per heavy atom. The summed E-state index contributed by atoms with van der Waals surface area (Å²) in [5.41, 5.74) is 7.45. The molecule has 0 aromatic heterocycles. The van der Waals surface area contributed by atoms with Gasteiger partial charge in [0.15, 0.2) is 0 Å². The summed E-state index contributed by atoms with van der Waals surface area (Å²) in [5, 5.41) is 12.2. The topological polar surface area (TPSA) is 75.3 Å². The number of hydrogen-bond donors (Lipinski definition) is 3. The molecule has 4 N–H and O–H groups in total. The van der Waals surface area contributed by atoms with Crippen LogP contribution in [0.1, 0.15) is 36.5 Å². The standard InChI is InChI=1S/C13H18N2O2/c1-2-3-8-6-11(8)15-12-7-9(13(16)17)4-5-10(12)14/h4-5,7-8,11,15H,2-3,6,14H2,1H3,(H,16,17). The van der Waals surface area contributed by atoms with Gasteiger partial charge in [0.2, 0.25) is 0 Å². The lowest BCUT2D eigenvalue weighted by atomic mass is 10.1. The van der Waals surface area contributed by atoms with Crippen molar-refractivity contribution >= 4 is 17.3 Å². The predicted molar refractivity (Wildman–Crippen MR) is 68.2 cm³/mol. The van der Waals surface area contributed by atoms with Crippen LogP contribution in [0.25, 0.3) is 0 Å². The number of carbonyl (C=O) groups is 1. The van der Waals surface area contributed by atoms with Crippen LogP contribution in [-0.4, -0.2) is 17.1 Å². The molecule has 1 aromatic carbocycles. The van der Waals surface area contributed by atoms with Crippen molar-refractivity contribution in [1.82, 2.24) is 0 Å². The number of aromatic carboxylic acids is 1. The van der Waals surface area contributed by atoms with E-state index in [1.54, 1.807) is 12.1 Å². The molecule has 1 aromatic rings. The highest BCUT2D eigenvalue weighted by molar-refractivity contribution is 5.90. The maximum atomic E-state index is 10.9. The van der Waals surface area contributed by atoms with Crippen molar-refractivity contribution in [2.75, 3.05) is 11.1 Å². The number of nitrogens with two attached hydrogens (primary N) is 1. The molecule has 0 saturated heterocycles. The van der Waals surface area contributed by atoms with Gasteiger partial charge in [-0.25, -0.2) is 4.79 Å². The van der Waals surface area contributed by atoms with E-state index in [2.05, 4.69) is 12.2 Å². The fraction of sp³-hybridized carbons (Fsp3) is 0.462. The molecule has 1 aliphatic carbocycles. The average molecular weight is 234 g/mol. The largest absolute Gasteiger partial charge is 0.478 e. The second-order valence-corrected chi connectivity index (χ2v) is 4.64. The van der Waals surface area contributed by atoms with Crippen molar-refractivity contribution in [3.05, 3.63) is 23.8 Å². The Labute approximate surface area is 101 Å². The highest BCUT2D eigenvalue weighted by Crippen LogP contribution is 2.38. The van der Waals surface area contributed by atoms with Crippen molar-refractivity contribution in [3.63, 3.8) is 0 Å². The minimum Gasteiger partial charge on any atom is -0.478 e. The molecule has 1 fully saturated rings. The third kappa shape index (κ3) is 2.70. The zero-order valence-corrected chi connectivity index (χ0v) is 9.94. The maximum absolute atomic E-state index is 10.9. The van der Waals surface area contributed by atoms with E-state index in [1.807, 2.05) is 0 Å². The van der Waals surface area contributed by atoms with E-state index in [1.165, 1.54) is 18.9 Å². The maximum Gasteiger partial charge on any atom is 0.335 e. The molecule has 2 rings (SSSR count). The van der Waals surface area contributed by atoms with Gasteiger partial charge in [-0.15, -0.1) is 0 Å². The number of rotatable bonds is 5. The molecular weight excluding hydrogens is 216 g/mol. The number of nitrogen functional groups attached to an aromatic ring is 1. The number of benzene rings is 1. The summed E-state index contributed by atoms with van der Waals surface area (Å²) in [6.07, 6.45) is 3.56. The van der Waals surface area contributed by atoms with Crippen molar-refractivity contribution in [2.45, 2.75) is 32.2 Å². The SMILES string of the molecule is CCCC1CC1Nc1cc(C(=O)O)ccc1N. The Bertz CT molecular complexity index is 431. The Balaban J connectivity index is 2.05. The number of hydrogen-bond acceptors (Lipinski definition) is 3. The van der Waals surface area contributed by atoms with Gasteiger partial charge in [0.25, 0.3) is 0 Å². The lowest BCUT2D eigenvalue weighted by molar-refractivity contribution is 0.0697. The van der Waals surface area contributed by atoms with Gasteiger partial charge < -0.3 is 16.2 Å². The third-order valence-electron chi connectivity index (χ3n) is 3.22. The number of anilines is 2. The van der Waals surface area contributed by atoms with Crippen molar-refractivity contribution in [2.24, 2.45) is 5.92 Å². The van der Waals surface area contributed by atoms with Crippen LogP contribution in [0, 0.1) is 5.92 Å². The van der Waals surface area contributed by atoms with E-state index in [0.717, 1.165) is 12.1 Å². The molecule has 2 atom stereocenters. The van der Waals surface area contributed by atoms with E-state index < -0.39 is 5.97 Å². The first-order valence-electron chi connectivity index (χ1n) is 6.01. The molecule has 4 heteroatoms. The first-order chi connectivity index (χ1) is 8.11. The predicted octanol–water partition coefficient (Wildman–Crippen LogP) is 2.57. The molecule has 0 radical (unpaired) electrons. The smallest absolute Gasteiger partial charge is 0.335 e. The van der Waals surface area contributed by atoms with Crippen LogP contribution in [0.5, 0.6) is 0 Å². The average Bonchev–Trinajstić information content (AvgIpc) is 3.00. The fourth-order valence-corrected chi connectivity index (χ4v) is 2.13. The normalized spacial score (nSPS) is 22.2. The molecule has 0 aliphatic heterocycles. The number of carboxylic acid groups (broad SMARTS) is 1. The van der Waals surface area contributed by atoms with E-state index in [-0.39, 0.29) is 5.56 Å². The quantitative estimate of drug-likeness (QED) is 0.684. The summed E-state index contributed by atoms with van der Waals surface area (Å²) in [4.78, 5) is 10.9. The molecule has 0 spiro atoms. The Hall–Kier alpha value is -1.71. The molecular formula is C13H18N2O2. The van der Waals surface area contributed by atoms with Crippen LogP contribution in [0.2, 0.25) is 0 Å². The Morgan fingerprint density at radius 3 is 3.00 bits per heavy atom. The monoisotopic (exact) mass is 234 g/mol. The van der Waals surface area contributed by atoms with Gasteiger partial charge in [-0.2, -0.15) is 0 Å². The van der Waals surface area contributed by atoms with Crippen LogP contribution in [0.4, 0.5) is 11.4 Å². The van der Waals surface area contributed by atoms with E-state index in [0.29, 0.717) is 17.6 Å². The van der Waals surface area contributed by atoms with E-state index >= 15 is 0 Å². The van der Waals surface area contributed by atoms with Gasteiger partial charge in [0.05, 0.1) is 16.9 Å². The van der Waals surface area contributed by atoms with Crippen LogP contribution in [0.3, 0.4) is 0 Å². The van der Waals surface area contributed by atoms with Gasteiger partial charge in [-0.05, 0) is 37.0 Å². The molecule has 0 amide bonds. The molecule has 92 valence electrons. The van der Waals surface area contributed by atoms with Crippen LogP contribution in [-0.2, 0) is 0 Å². The molecule has 0 bridgehead atoms. The first-order valence-corrected chi connectivity index (χ1v) is 6.01. The molecule has 1 saturated carbocycles. The van der Waals surface area contributed by atoms with Crippen LogP contribution < -0.4 is 11.1 Å². The number of carboxylic acids is 1. The fourth-order valence-electron chi connectivity index (χ4n) is 2.13.